The monoisotopic (exact) mass is 520 g/mol. The van der Waals surface area contributed by atoms with Crippen molar-refractivity contribution in [3.8, 4) is 0 Å². The van der Waals surface area contributed by atoms with Gasteiger partial charge in [-0.1, -0.05) is 29.1 Å². The normalized spacial score (nSPS) is 27.5. The number of ether oxygens (including phenoxy) is 1. The highest BCUT2D eigenvalue weighted by atomic mass is 32.2. The first-order valence-electron chi connectivity index (χ1n) is 11.6. The van der Waals surface area contributed by atoms with E-state index in [2.05, 4.69) is 32.2 Å². The summed E-state index contributed by atoms with van der Waals surface area (Å²) in [4.78, 5) is 9.17. The van der Waals surface area contributed by atoms with Crippen LogP contribution in [0, 0.1) is 11.6 Å². The Morgan fingerprint density at radius 1 is 1.19 bits per heavy atom. The number of anilines is 1. The lowest BCUT2D eigenvalue weighted by molar-refractivity contribution is -0.0629. The standard InChI is InChI=1S/C23H26F2N6O4S/c1-2-7-36-23-27-21(26-15-9-12(15)11-3-4-13(24)14(25)8-11)18-22(28-23)31(30-29-18)16-10-17(35-6-5-32)20(34)19(16)33/h2-4,8,12,15-17,19-20,32-34H,1,5-7,9-10H2,(H,26,27,28)/t12-,15+,16+,17-,19-,20+/m0/s1. The van der Waals surface area contributed by atoms with Crippen molar-refractivity contribution in [2.45, 2.75) is 54.3 Å². The van der Waals surface area contributed by atoms with Gasteiger partial charge < -0.3 is 25.4 Å². The maximum absolute atomic E-state index is 13.7. The zero-order valence-electron chi connectivity index (χ0n) is 19.2. The fourth-order valence-electron chi connectivity index (χ4n) is 4.55. The van der Waals surface area contributed by atoms with Crippen LogP contribution in [0.5, 0.6) is 0 Å². The smallest absolute Gasteiger partial charge is 0.192 e. The van der Waals surface area contributed by atoms with Crippen molar-refractivity contribution in [1.82, 2.24) is 25.0 Å². The van der Waals surface area contributed by atoms with E-state index in [1.807, 2.05) is 0 Å². The molecule has 0 bridgehead atoms. The third-order valence-corrected chi connectivity index (χ3v) is 7.30. The van der Waals surface area contributed by atoms with Crippen LogP contribution in [0.2, 0.25) is 0 Å². The number of hydrogen-bond donors (Lipinski definition) is 4. The topological polar surface area (TPSA) is 138 Å². The molecule has 2 heterocycles. The van der Waals surface area contributed by atoms with Gasteiger partial charge in [-0.25, -0.2) is 23.4 Å². The molecule has 2 saturated carbocycles. The molecule has 2 aliphatic carbocycles. The molecule has 36 heavy (non-hydrogen) atoms. The van der Waals surface area contributed by atoms with Gasteiger partial charge in [-0.3, -0.25) is 0 Å². The van der Waals surface area contributed by atoms with Crippen LogP contribution in [-0.2, 0) is 4.74 Å². The molecule has 1 aromatic carbocycles. The van der Waals surface area contributed by atoms with Crippen LogP contribution in [-0.4, -0.2) is 83.6 Å². The van der Waals surface area contributed by atoms with Crippen molar-refractivity contribution in [1.29, 1.82) is 0 Å². The van der Waals surface area contributed by atoms with Crippen molar-refractivity contribution >= 4 is 28.7 Å². The number of aliphatic hydroxyl groups excluding tert-OH is 3. The summed E-state index contributed by atoms with van der Waals surface area (Å²) in [5, 5.41) is 42.4. The molecule has 192 valence electrons. The lowest BCUT2D eigenvalue weighted by Gasteiger charge is -2.17. The van der Waals surface area contributed by atoms with E-state index in [9.17, 15) is 19.0 Å². The van der Waals surface area contributed by atoms with Crippen molar-refractivity contribution in [3.05, 3.63) is 48.1 Å². The predicted octanol–water partition coefficient (Wildman–Crippen LogP) is 1.79. The average Bonchev–Trinajstić information content (AvgIpc) is 3.41. The lowest BCUT2D eigenvalue weighted by atomic mass is 10.1. The third-order valence-electron chi connectivity index (χ3n) is 6.45. The Hall–Kier alpha value is -2.71. The van der Waals surface area contributed by atoms with E-state index in [0.29, 0.717) is 39.9 Å². The molecule has 10 nitrogen and oxygen atoms in total. The Bertz CT molecular complexity index is 1260. The summed E-state index contributed by atoms with van der Waals surface area (Å²) in [5.41, 5.74) is 1.46. The van der Waals surface area contributed by atoms with Gasteiger partial charge in [0.25, 0.3) is 0 Å². The number of nitrogens with zero attached hydrogens (tertiary/aromatic N) is 5. The molecular formula is C23H26F2N6O4S. The Labute approximate surface area is 209 Å². The van der Waals surface area contributed by atoms with Gasteiger partial charge in [0.05, 0.1) is 25.4 Å². The molecule has 0 radical (unpaired) electrons. The quantitative estimate of drug-likeness (QED) is 0.178. The van der Waals surface area contributed by atoms with Crippen LogP contribution >= 0.6 is 11.8 Å². The number of halogens is 2. The van der Waals surface area contributed by atoms with Gasteiger partial charge in [-0.2, -0.15) is 0 Å². The first-order valence-corrected chi connectivity index (χ1v) is 12.6. The minimum atomic E-state index is -1.17. The summed E-state index contributed by atoms with van der Waals surface area (Å²) in [6, 6.07) is 3.19. The van der Waals surface area contributed by atoms with Crippen LogP contribution in [0.15, 0.2) is 36.0 Å². The summed E-state index contributed by atoms with van der Waals surface area (Å²) in [6.45, 7) is 3.57. The van der Waals surface area contributed by atoms with Gasteiger partial charge in [0.2, 0.25) is 0 Å². The molecule has 2 aliphatic rings. The molecule has 13 heteroatoms. The van der Waals surface area contributed by atoms with Gasteiger partial charge in [-0.15, -0.1) is 11.7 Å². The molecule has 5 rings (SSSR count). The summed E-state index contributed by atoms with van der Waals surface area (Å²) < 4.78 is 34.0. The van der Waals surface area contributed by atoms with E-state index in [1.54, 1.807) is 12.1 Å². The predicted molar refractivity (Wildman–Crippen MR) is 128 cm³/mol. The average molecular weight is 521 g/mol. The Kier molecular flexibility index (Phi) is 7.17. The van der Waals surface area contributed by atoms with Gasteiger partial charge >= 0.3 is 0 Å². The number of benzene rings is 1. The fraction of sp³-hybridized carbons (Fsp3) is 0.478. The molecule has 0 unspecified atom stereocenters. The number of aromatic nitrogens is 5. The first kappa shape index (κ1) is 25.0. The third kappa shape index (κ3) is 4.81. The number of thioether (sulfide) groups is 1. The molecule has 0 amide bonds. The summed E-state index contributed by atoms with van der Waals surface area (Å²) >= 11 is 1.36. The minimum Gasteiger partial charge on any atom is -0.394 e. The van der Waals surface area contributed by atoms with Crippen molar-refractivity contribution < 1.29 is 28.8 Å². The molecule has 6 atom stereocenters. The van der Waals surface area contributed by atoms with Crippen LogP contribution in [0.3, 0.4) is 0 Å². The van der Waals surface area contributed by atoms with Crippen molar-refractivity contribution in [2.75, 3.05) is 24.3 Å². The second-order valence-electron chi connectivity index (χ2n) is 8.84. The van der Waals surface area contributed by atoms with Crippen LogP contribution < -0.4 is 5.32 Å². The Morgan fingerprint density at radius 3 is 2.78 bits per heavy atom. The van der Waals surface area contributed by atoms with E-state index in [4.69, 9.17) is 9.84 Å². The van der Waals surface area contributed by atoms with Gasteiger partial charge in [0.15, 0.2) is 33.8 Å². The maximum Gasteiger partial charge on any atom is 0.192 e. The van der Waals surface area contributed by atoms with E-state index in [0.717, 1.165) is 6.07 Å². The van der Waals surface area contributed by atoms with Gasteiger partial charge in [0.1, 0.15) is 12.2 Å². The first-order chi connectivity index (χ1) is 17.4. The molecule has 0 aliphatic heterocycles. The van der Waals surface area contributed by atoms with Crippen molar-refractivity contribution in [3.63, 3.8) is 0 Å². The number of nitrogens with one attached hydrogen (secondary N) is 1. The number of hydrogen-bond acceptors (Lipinski definition) is 10. The van der Waals surface area contributed by atoms with Crippen LogP contribution in [0.4, 0.5) is 14.6 Å². The number of aliphatic hydroxyl groups is 3. The highest BCUT2D eigenvalue weighted by molar-refractivity contribution is 7.99. The SMILES string of the molecule is C=CCSc1nc(N[C@@H]2C[C@H]2c2ccc(F)c(F)c2)c2nnn([C@@H]3C[C@H](OCCO)[C@@H](O)[C@H]3O)c2n1. The molecular weight excluding hydrogens is 494 g/mol. The zero-order valence-corrected chi connectivity index (χ0v) is 20.0. The summed E-state index contributed by atoms with van der Waals surface area (Å²) in [5.74, 6) is -0.776. The Balaban J connectivity index is 1.43. The molecule has 0 saturated heterocycles. The minimum absolute atomic E-state index is 0.0133. The molecule has 0 spiro atoms. The van der Waals surface area contributed by atoms with Gasteiger partial charge in [-0.05, 0) is 24.1 Å². The Morgan fingerprint density at radius 2 is 2.03 bits per heavy atom. The van der Waals surface area contributed by atoms with Crippen molar-refractivity contribution in [2.24, 2.45) is 0 Å². The van der Waals surface area contributed by atoms with Crippen LogP contribution in [0.1, 0.15) is 30.4 Å². The van der Waals surface area contributed by atoms with Crippen LogP contribution in [0.25, 0.3) is 11.2 Å². The number of fused-ring (bicyclic) bond motifs is 1. The zero-order chi connectivity index (χ0) is 25.4. The summed E-state index contributed by atoms with van der Waals surface area (Å²) in [6.07, 6.45) is -0.315. The van der Waals surface area contributed by atoms with Gasteiger partial charge in [0, 0.05) is 24.1 Å². The number of rotatable bonds is 10. The van der Waals surface area contributed by atoms with E-state index in [1.165, 1.54) is 22.5 Å². The largest absolute Gasteiger partial charge is 0.394 e. The highest BCUT2D eigenvalue weighted by Crippen LogP contribution is 2.44. The maximum atomic E-state index is 13.7. The second-order valence-corrected chi connectivity index (χ2v) is 9.83. The highest BCUT2D eigenvalue weighted by Gasteiger charge is 2.45. The van der Waals surface area contributed by atoms with E-state index < -0.39 is 36.0 Å². The molecule has 3 aromatic rings. The van der Waals surface area contributed by atoms with E-state index in [-0.39, 0.29) is 31.6 Å². The molecule has 2 aromatic heterocycles. The second kappa shape index (κ2) is 10.3. The van der Waals surface area contributed by atoms with E-state index >= 15 is 0 Å². The molecule has 2 fully saturated rings. The summed E-state index contributed by atoms with van der Waals surface area (Å²) in [7, 11) is 0. The fourth-order valence-corrected chi connectivity index (χ4v) is 5.13. The molecule has 4 N–H and O–H groups in total. The lowest BCUT2D eigenvalue weighted by Crippen LogP contribution is -2.33.